The molecule has 2 aromatic heterocycles. The first-order valence-electron chi connectivity index (χ1n) is 8.43. The summed E-state index contributed by atoms with van der Waals surface area (Å²) in [6.07, 6.45) is 1.52. The van der Waals surface area contributed by atoms with Crippen LogP contribution in [0.2, 0.25) is 0 Å². The van der Waals surface area contributed by atoms with Crippen molar-refractivity contribution in [2.24, 2.45) is 0 Å². The molecule has 2 heterocycles. The van der Waals surface area contributed by atoms with Gasteiger partial charge in [-0.25, -0.2) is 14.8 Å². The van der Waals surface area contributed by atoms with E-state index in [0.717, 1.165) is 21.3 Å². The Morgan fingerprint density at radius 2 is 1.93 bits per heavy atom. The first-order chi connectivity index (χ1) is 13.0. The fraction of sp³-hybridized carbons (Fsp3) is 0.0952. The molecule has 5 nitrogen and oxygen atoms in total. The van der Waals surface area contributed by atoms with Crippen LogP contribution in [0.1, 0.15) is 21.5 Å². The van der Waals surface area contributed by atoms with Crippen LogP contribution in [0.4, 0.5) is 11.5 Å². The molecular weight excluding hydrogens is 358 g/mol. The molecule has 4 rings (SSSR count). The van der Waals surface area contributed by atoms with E-state index in [1.165, 1.54) is 17.5 Å². The minimum absolute atomic E-state index is 0.227. The predicted molar refractivity (Wildman–Crippen MR) is 109 cm³/mol. The van der Waals surface area contributed by atoms with E-state index in [0.29, 0.717) is 11.5 Å². The molecule has 0 fully saturated rings. The molecule has 0 radical (unpaired) electrons. The second-order valence-corrected chi connectivity index (χ2v) is 7.24. The SMILES string of the molecule is Cc1ccc(-c2csc3ncnc(Nc4cccc(C(=O)O)c4)c23)c(C)c1. The molecule has 0 saturated carbocycles. The normalized spacial score (nSPS) is 10.9. The number of benzene rings is 2. The molecule has 2 N–H and O–H groups in total. The quantitative estimate of drug-likeness (QED) is 0.498. The van der Waals surface area contributed by atoms with Gasteiger partial charge in [-0.3, -0.25) is 0 Å². The Morgan fingerprint density at radius 1 is 1.07 bits per heavy atom. The van der Waals surface area contributed by atoms with Crippen LogP contribution in [0.3, 0.4) is 0 Å². The van der Waals surface area contributed by atoms with E-state index in [1.807, 2.05) is 6.07 Å². The van der Waals surface area contributed by atoms with Gasteiger partial charge in [0.25, 0.3) is 0 Å². The van der Waals surface area contributed by atoms with Gasteiger partial charge in [0.05, 0.1) is 10.9 Å². The van der Waals surface area contributed by atoms with Crippen LogP contribution < -0.4 is 5.32 Å². The Kier molecular flexibility index (Phi) is 4.33. The lowest BCUT2D eigenvalue weighted by Crippen LogP contribution is -1.99. The summed E-state index contributed by atoms with van der Waals surface area (Å²) in [5.74, 6) is -0.295. The number of fused-ring (bicyclic) bond motifs is 1. The van der Waals surface area contributed by atoms with Crippen LogP contribution in [0.15, 0.2) is 54.2 Å². The Balaban J connectivity index is 1.83. The molecule has 0 atom stereocenters. The highest BCUT2D eigenvalue weighted by molar-refractivity contribution is 7.17. The number of aryl methyl sites for hydroxylation is 2. The van der Waals surface area contributed by atoms with Crippen LogP contribution in [0.5, 0.6) is 0 Å². The monoisotopic (exact) mass is 375 g/mol. The van der Waals surface area contributed by atoms with E-state index < -0.39 is 5.97 Å². The lowest BCUT2D eigenvalue weighted by Gasteiger charge is -2.10. The van der Waals surface area contributed by atoms with Gasteiger partial charge in [0.15, 0.2) is 0 Å². The van der Waals surface area contributed by atoms with Crippen LogP contribution >= 0.6 is 11.3 Å². The van der Waals surface area contributed by atoms with Gasteiger partial charge in [0, 0.05) is 16.6 Å². The summed E-state index contributed by atoms with van der Waals surface area (Å²) in [7, 11) is 0. The maximum atomic E-state index is 11.2. The Labute approximate surface area is 160 Å². The summed E-state index contributed by atoms with van der Waals surface area (Å²) < 4.78 is 0. The largest absolute Gasteiger partial charge is 0.478 e. The summed E-state index contributed by atoms with van der Waals surface area (Å²) in [6, 6.07) is 13.1. The molecule has 0 unspecified atom stereocenters. The van der Waals surface area contributed by atoms with Gasteiger partial charge in [-0.05, 0) is 43.2 Å². The number of thiophene rings is 1. The standard InChI is InChI=1S/C21H17N3O2S/c1-12-6-7-16(13(2)8-12)17-10-27-20-18(17)19(22-11-23-20)24-15-5-3-4-14(9-15)21(25)26/h3-11H,1-2H3,(H,25,26)(H,22,23,24). The number of carbonyl (C=O) groups is 1. The van der Waals surface area contributed by atoms with Crippen molar-refractivity contribution in [2.45, 2.75) is 13.8 Å². The van der Waals surface area contributed by atoms with Crippen molar-refractivity contribution >= 4 is 39.0 Å². The number of anilines is 2. The molecule has 0 amide bonds. The number of carboxylic acids is 1. The van der Waals surface area contributed by atoms with Crippen LogP contribution in [-0.4, -0.2) is 21.0 Å². The van der Waals surface area contributed by atoms with E-state index in [2.05, 4.69) is 52.7 Å². The highest BCUT2D eigenvalue weighted by Crippen LogP contribution is 2.38. The van der Waals surface area contributed by atoms with Gasteiger partial charge in [-0.15, -0.1) is 11.3 Å². The van der Waals surface area contributed by atoms with Crippen molar-refractivity contribution in [3.8, 4) is 11.1 Å². The fourth-order valence-electron chi connectivity index (χ4n) is 3.15. The van der Waals surface area contributed by atoms with E-state index in [9.17, 15) is 9.90 Å². The number of hydrogen-bond donors (Lipinski definition) is 2. The maximum absolute atomic E-state index is 11.2. The van der Waals surface area contributed by atoms with Crippen molar-refractivity contribution in [3.05, 3.63) is 70.9 Å². The van der Waals surface area contributed by atoms with Crippen molar-refractivity contribution in [1.29, 1.82) is 0 Å². The molecule has 0 saturated heterocycles. The minimum Gasteiger partial charge on any atom is -0.478 e. The lowest BCUT2D eigenvalue weighted by atomic mass is 9.99. The Bertz CT molecular complexity index is 1170. The summed E-state index contributed by atoms with van der Waals surface area (Å²) in [6.45, 7) is 4.17. The second kappa shape index (κ2) is 6.81. The van der Waals surface area contributed by atoms with Crippen LogP contribution in [-0.2, 0) is 0 Å². The Morgan fingerprint density at radius 3 is 2.70 bits per heavy atom. The molecule has 2 aromatic carbocycles. The van der Waals surface area contributed by atoms with Crippen molar-refractivity contribution < 1.29 is 9.90 Å². The molecule has 134 valence electrons. The predicted octanol–water partition coefficient (Wildman–Crippen LogP) is 5.42. The van der Waals surface area contributed by atoms with Gasteiger partial charge < -0.3 is 10.4 Å². The zero-order chi connectivity index (χ0) is 19.0. The Hall–Kier alpha value is -3.25. The fourth-order valence-corrected chi connectivity index (χ4v) is 4.06. The summed E-state index contributed by atoms with van der Waals surface area (Å²) in [4.78, 5) is 20.9. The number of rotatable bonds is 4. The molecule has 4 aromatic rings. The zero-order valence-electron chi connectivity index (χ0n) is 14.9. The summed E-state index contributed by atoms with van der Waals surface area (Å²) >= 11 is 1.57. The molecule has 0 spiro atoms. The highest BCUT2D eigenvalue weighted by Gasteiger charge is 2.15. The summed E-state index contributed by atoms with van der Waals surface area (Å²) in [5.41, 5.74) is 5.53. The molecule has 27 heavy (non-hydrogen) atoms. The number of nitrogens with one attached hydrogen (secondary N) is 1. The van der Waals surface area contributed by atoms with Crippen molar-refractivity contribution in [3.63, 3.8) is 0 Å². The van der Waals surface area contributed by atoms with Crippen LogP contribution in [0.25, 0.3) is 21.3 Å². The van der Waals surface area contributed by atoms with Gasteiger partial charge >= 0.3 is 5.97 Å². The second-order valence-electron chi connectivity index (χ2n) is 6.38. The van der Waals surface area contributed by atoms with Gasteiger partial charge in [-0.1, -0.05) is 29.8 Å². The number of nitrogens with zero attached hydrogens (tertiary/aromatic N) is 2. The zero-order valence-corrected chi connectivity index (χ0v) is 15.7. The third-order valence-corrected chi connectivity index (χ3v) is 5.30. The maximum Gasteiger partial charge on any atom is 0.335 e. The molecule has 0 aliphatic rings. The first kappa shape index (κ1) is 17.2. The number of aromatic nitrogens is 2. The number of carboxylic acid groups (broad SMARTS) is 1. The van der Waals surface area contributed by atoms with E-state index in [4.69, 9.17) is 0 Å². The molecule has 0 aliphatic heterocycles. The van der Waals surface area contributed by atoms with Gasteiger partial charge in [0.2, 0.25) is 0 Å². The average molecular weight is 375 g/mol. The molecule has 0 aliphatic carbocycles. The number of aromatic carboxylic acids is 1. The topological polar surface area (TPSA) is 75.1 Å². The smallest absolute Gasteiger partial charge is 0.335 e. The number of hydrogen-bond acceptors (Lipinski definition) is 5. The highest BCUT2D eigenvalue weighted by atomic mass is 32.1. The van der Waals surface area contributed by atoms with E-state index in [1.54, 1.807) is 29.5 Å². The van der Waals surface area contributed by atoms with Crippen LogP contribution in [0, 0.1) is 13.8 Å². The van der Waals surface area contributed by atoms with Crippen molar-refractivity contribution in [1.82, 2.24) is 9.97 Å². The van der Waals surface area contributed by atoms with E-state index >= 15 is 0 Å². The third kappa shape index (κ3) is 3.27. The average Bonchev–Trinajstić information content (AvgIpc) is 3.07. The first-order valence-corrected chi connectivity index (χ1v) is 9.31. The molecule has 6 heteroatoms. The lowest BCUT2D eigenvalue weighted by molar-refractivity contribution is 0.0697. The minimum atomic E-state index is -0.960. The molecular formula is C21H17N3O2S. The third-order valence-electron chi connectivity index (χ3n) is 4.41. The van der Waals surface area contributed by atoms with Crippen molar-refractivity contribution in [2.75, 3.05) is 5.32 Å². The summed E-state index contributed by atoms with van der Waals surface area (Å²) in [5, 5.41) is 15.5. The van der Waals surface area contributed by atoms with Gasteiger partial charge in [0.1, 0.15) is 17.0 Å². The molecule has 0 bridgehead atoms. The van der Waals surface area contributed by atoms with Gasteiger partial charge in [-0.2, -0.15) is 0 Å². The van der Waals surface area contributed by atoms with E-state index in [-0.39, 0.29) is 5.56 Å².